The van der Waals surface area contributed by atoms with Gasteiger partial charge in [0.15, 0.2) is 0 Å². The van der Waals surface area contributed by atoms with Crippen molar-refractivity contribution < 1.29 is 13.5 Å². The topological polar surface area (TPSA) is 9.23 Å². The van der Waals surface area contributed by atoms with E-state index >= 15 is 0 Å². The van der Waals surface area contributed by atoms with Crippen LogP contribution in [-0.2, 0) is 0 Å². The highest BCUT2D eigenvalue weighted by Crippen LogP contribution is 2.37. The smallest absolute Gasteiger partial charge is 0.387 e. The average Bonchev–Trinajstić information content (AvgIpc) is 2.09. The zero-order valence-electron chi connectivity index (χ0n) is 7.06. The minimum atomic E-state index is -2.90. The van der Waals surface area contributed by atoms with Crippen molar-refractivity contribution in [3.05, 3.63) is 22.2 Å². The Hall–Kier alpha value is -0.190. The van der Waals surface area contributed by atoms with E-state index in [0.717, 1.165) is 0 Å². The van der Waals surface area contributed by atoms with Gasteiger partial charge in [-0.15, -0.1) is 11.8 Å². The third-order valence-corrected chi connectivity index (χ3v) is 2.89. The quantitative estimate of drug-likeness (QED) is 0.747. The van der Waals surface area contributed by atoms with Crippen LogP contribution in [0.2, 0.25) is 10.0 Å². The molecule has 0 spiro atoms. The van der Waals surface area contributed by atoms with E-state index in [4.69, 9.17) is 23.2 Å². The van der Waals surface area contributed by atoms with Crippen molar-refractivity contribution in [3.63, 3.8) is 0 Å². The zero-order chi connectivity index (χ0) is 10.7. The van der Waals surface area contributed by atoms with Crippen LogP contribution in [0.25, 0.3) is 0 Å². The average molecular weight is 259 g/mol. The largest absolute Gasteiger partial charge is 0.433 e. The number of halogens is 4. The lowest BCUT2D eigenvalue weighted by Crippen LogP contribution is -2.02. The number of benzene rings is 1. The van der Waals surface area contributed by atoms with Crippen LogP contribution >= 0.6 is 35.0 Å². The van der Waals surface area contributed by atoms with Crippen molar-refractivity contribution >= 4 is 35.0 Å². The van der Waals surface area contributed by atoms with Crippen molar-refractivity contribution in [3.8, 4) is 5.75 Å². The van der Waals surface area contributed by atoms with Crippen molar-refractivity contribution in [2.24, 2.45) is 0 Å². The molecule has 0 fully saturated rings. The molecule has 0 atom stereocenters. The summed E-state index contributed by atoms with van der Waals surface area (Å²) in [5, 5.41) is 0.469. The summed E-state index contributed by atoms with van der Waals surface area (Å²) in [6.07, 6.45) is 1.77. The van der Waals surface area contributed by atoms with Gasteiger partial charge in [0.25, 0.3) is 0 Å². The van der Waals surface area contributed by atoms with Crippen molar-refractivity contribution in [2.45, 2.75) is 11.5 Å². The Balaban J connectivity index is 3.08. The van der Waals surface area contributed by atoms with Crippen LogP contribution in [0.5, 0.6) is 5.75 Å². The molecule has 0 radical (unpaired) electrons. The molecule has 1 rings (SSSR count). The first-order valence-electron chi connectivity index (χ1n) is 3.52. The molecule has 78 valence electrons. The predicted octanol–water partition coefficient (Wildman–Crippen LogP) is 4.32. The first-order chi connectivity index (χ1) is 6.54. The molecule has 0 unspecified atom stereocenters. The molecule has 1 aromatic carbocycles. The molecule has 6 heteroatoms. The van der Waals surface area contributed by atoms with Gasteiger partial charge in [0.1, 0.15) is 5.75 Å². The van der Waals surface area contributed by atoms with E-state index in [0.29, 0.717) is 9.92 Å². The van der Waals surface area contributed by atoms with Gasteiger partial charge in [0.05, 0.1) is 5.02 Å². The normalized spacial score (nSPS) is 10.7. The molecular weight excluding hydrogens is 253 g/mol. The fourth-order valence-electron chi connectivity index (χ4n) is 0.871. The Bertz CT molecular complexity index is 333. The van der Waals surface area contributed by atoms with Gasteiger partial charge in [-0.1, -0.05) is 23.2 Å². The summed E-state index contributed by atoms with van der Waals surface area (Å²) < 4.78 is 28.1. The first kappa shape index (κ1) is 11.9. The monoisotopic (exact) mass is 258 g/mol. The maximum absolute atomic E-state index is 11.9. The highest BCUT2D eigenvalue weighted by molar-refractivity contribution is 7.98. The van der Waals surface area contributed by atoms with Gasteiger partial charge < -0.3 is 4.74 Å². The van der Waals surface area contributed by atoms with Crippen LogP contribution in [0.3, 0.4) is 0 Å². The molecule has 0 saturated heterocycles. The minimum absolute atomic E-state index is 0.0986. The lowest BCUT2D eigenvalue weighted by molar-refractivity contribution is -0.0499. The molecule has 1 nitrogen and oxygen atoms in total. The van der Waals surface area contributed by atoms with Gasteiger partial charge >= 0.3 is 6.61 Å². The number of rotatable bonds is 3. The number of ether oxygens (including phenoxy) is 1. The second-order valence-electron chi connectivity index (χ2n) is 2.30. The molecule has 0 aliphatic heterocycles. The lowest BCUT2D eigenvalue weighted by atomic mass is 10.3. The van der Waals surface area contributed by atoms with Crippen molar-refractivity contribution in [1.29, 1.82) is 0 Å². The molecule has 1 aromatic rings. The fourth-order valence-corrected chi connectivity index (χ4v) is 2.05. The molecule has 0 bridgehead atoms. The molecule has 0 aromatic heterocycles. The fraction of sp³-hybridized carbons (Fsp3) is 0.250. The Morgan fingerprint density at radius 1 is 1.36 bits per heavy atom. The van der Waals surface area contributed by atoms with E-state index in [1.807, 2.05) is 0 Å². The molecule has 14 heavy (non-hydrogen) atoms. The standard InChI is InChI=1S/C8H6Cl2F2OS/c1-14-6-3-4(9)2-5(7(6)10)13-8(11)12/h2-3,8H,1H3. The van der Waals surface area contributed by atoms with E-state index in [9.17, 15) is 8.78 Å². The minimum Gasteiger partial charge on any atom is -0.433 e. The Labute approximate surface area is 94.3 Å². The molecule has 0 N–H and O–H groups in total. The van der Waals surface area contributed by atoms with E-state index in [1.165, 1.54) is 17.8 Å². The lowest BCUT2D eigenvalue weighted by Gasteiger charge is -2.09. The zero-order valence-corrected chi connectivity index (χ0v) is 9.39. The maximum Gasteiger partial charge on any atom is 0.387 e. The van der Waals surface area contributed by atoms with E-state index in [2.05, 4.69) is 4.74 Å². The summed E-state index contributed by atoms with van der Waals surface area (Å²) in [6.45, 7) is -2.90. The summed E-state index contributed by atoms with van der Waals surface area (Å²) in [7, 11) is 0. The number of thioether (sulfide) groups is 1. The molecule has 0 aliphatic rings. The second kappa shape index (κ2) is 5.05. The van der Waals surface area contributed by atoms with Gasteiger partial charge in [0, 0.05) is 16.0 Å². The van der Waals surface area contributed by atoms with Gasteiger partial charge in [-0.25, -0.2) is 0 Å². The predicted molar refractivity (Wildman–Crippen MR) is 54.9 cm³/mol. The van der Waals surface area contributed by atoms with Crippen LogP contribution in [0.4, 0.5) is 8.78 Å². The highest BCUT2D eigenvalue weighted by atomic mass is 35.5. The molecular formula is C8H6Cl2F2OS. The van der Waals surface area contributed by atoms with Crippen LogP contribution in [-0.4, -0.2) is 12.9 Å². The molecule has 0 amide bonds. The number of hydrogen-bond donors (Lipinski definition) is 0. The van der Waals surface area contributed by atoms with Gasteiger partial charge in [0.2, 0.25) is 0 Å². The summed E-state index contributed by atoms with van der Waals surface area (Å²) >= 11 is 12.8. The van der Waals surface area contributed by atoms with Crippen LogP contribution in [0.15, 0.2) is 17.0 Å². The molecule has 0 aliphatic carbocycles. The maximum atomic E-state index is 11.9. The van der Waals surface area contributed by atoms with Gasteiger partial charge in [-0.3, -0.25) is 0 Å². The number of hydrogen-bond acceptors (Lipinski definition) is 2. The highest BCUT2D eigenvalue weighted by Gasteiger charge is 2.12. The Kier molecular flexibility index (Phi) is 4.29. The SMILES string of the molecule is CSc1cc(Cl)cc(OC(F)F)c1Cl. The summed E-state index contributed by atoms with van der Waals surface area (Å²) in [4.78, 5) is 0.606. The molecule has 0 saturated carbocycles. The third kappa shape index (κ3) is 2.90. The van der Waals surface area contributed by atoms with Gasteiger partial charge in [-0.2, -0.15) is 8.78 Å². The summed E-state index contributed by atoms with van der Waals surface area (Å²) in [5.74, 6) is -0.0986. The van der Waals surface area contributed by atoms with Crippen LogP contribution < -0.4 is 4.74 Å². The van der Waals surface area contributed by atoms with E-state index in [1.54, 1.807) is 12.3 Å². The van der Waals surface area contributed by atoms with Crippen LogP contribution in [0.1, 0.15) is 0 Å². The molecule has 0 heterocycles. The Morgan fingerprint density at radius 2 is 2.00 bits per heavy atom. The Morgan fingerprint density at radius 3 is 2.50 bits per heavy atom. The summed E-state index contributed by atoms with van der Waals surface area (Å²) in [6, 6.07) is 2.85. The number of alkyl halides is 2. The van der Waals surface area contributed by atoms with Crippen molar-refractivity contribution in [2.75, 3.05) is 6.26 Å². The van der Waals surface area contributed by atoms with Crippen molar-refractivity contribution in [1.82, 2.24) is 0 Å². The first-order valence-corrected chi connectivity index (χ1v) is 5.50. The van der Waals surface area contributed by atoms with Gasteiger partial charge in [-0.05, 0) is 12.3 Å². The second-order valence-corrected chi connectivity index (χ2v) is 3.96. The van der Waals surface area contributed by atoms with E-state index < -0.39 is 6.61 Å². The van der Waals surface area contributed by atoms with Crippen LogP contribution in [0, 0.1) is 0 Å². The summed E-state index contributed by atoms with van der Waals surface area (Å²) in [5.41, 5.74) is 0. The van der Waals surface area contributed by atoms with E-state index in [-0.39, 0.29) is 10.8 Å². The third-order valence-electron chi connectivity index (χ3n) is 1.41.